The maximum Gasteiger partial charge on any atom is 0.408 e. The average Bonchev–Trinajstić information content (AvgIpc) is 3.22. The van der Waals surface area contributed by atoms with Crippen molar-refractivity contribution in [1.29, 1.82) is 0 Å². The Morgan fingerprint density at radius 2 is 1.46 bits per heavy atom. The van der Waals surface area contributed by atoms with Gasteiger partial charge in [0.15, 0.2) is 0 Å². The van der Waals surface area contributed by atoms with Crippen LogP contribution in [0.5, 0.6) is 0 Å². The number of carbonyl (C=O) groups is 5. The number of carbonyl (C=O) groups excluding carboxylic acids is 4. The van der Waals surface area contributed by atoms with Gasteiger partial charge < -0.3 is 25.8 Å². The van der Waals surface area contributed by atoms with Crippen molar-refractivity contribution in [3.05, 3.63) is 0 Å². The fourth-order valence-electron chi connectivity index (χ4n) is 3.92. The first-order chi connectivity index (χ1) is 16.1. The van der Waals surface area contributed by atoms with Crippen LogP contribution in [-0.2, 0) is 23.9 Å². The topological polar surface area (TPSA) is 151 Å². The molecule has 0 radical (unpaired) electrons. The van der Waals surface area contributed by atoms with Crippen molar-refractivity contribution in [1.82, 2.24) is 16.0 Å². The van der Waals surface area contributed by atoms with Gasteiger partial charge in [0.25, 0.3) is 5.78 Å². The lowest BCUT2D eigenvalue weighted by molar-refractivity contribution is -0.151. The molecule has 1 unspecified atom stereocenters. The van der Waals surface area contributed by atoms with Gasteiger partial charge in [-0.2, -0.15) is 0 Å². The molecule has 0 bridgehead atoms. The average molecular weight is 506 g/mol. The van der Waals surface area contributed by atoms with Crippen LogP contribution in [0.1, 0.15) is 73.1 Å². The first-order valence-corrected chi connectivity index (χ1v) is 11.8. The quantitative estimate of drug-likeness (QED) is 0.297. The van der Waals surface area contributed by atoms with E-state index >= 15 is 0 Å². The number of hydrogen-bond donors (Lipinski definition) is 4. The molecule has 12 heteroatoms. The maximum absolute atomic E-state index is 13.2. The van der Waals surface area contributed by atoms with Crippen LogP contribution in [0.4, 0.5) is 13.6 Å². The van der Waals surface area contributed by atoms with Gasteiger partial charge in [0.1, 0.15) is 23.7 Å². The number of Topliss-reactive ketones (excluding diaryl/α,β-unsaturated/α-hetero) is 1. The summed E-state index contributed by atoms with van der Waals surface area (Å²) in [6.45, 7) is 8.55. The third-order valence-corrected chi connectivity index (χ3v) is 5.42. The summed E-state index contributed by atoms with van der Waals surface area (Å²) in [5, 5.41) is 16.1. The SMILES string of the molecule is CC(C)C[C@H](NC(=O)[C@@H](NC(=O)OC(C)(C)C)C1CCCC1)C(=O)NC(CC(F)F)C(=O)C(=O)O. The molecular formula is C23H37F2N3O7. The number of halogens is 2. The minimum Gasteiger partial charge on any atom is -0.475 e. The number of aliphatic carboxylic acids is 1. The molecule has 10 nitrogen and oxygen atoms in total. The standard InChI is InChI=1S/C23H37F2N3O7/c1-12(2)10-15(19(30)26-14(11-16(24)25)18(29)21(32)33)27-20(31)17(13-8-6-7-9-13)28-22(34)35-23(3,4)5/h12-17H,6-11H2,1-5H3,(H,26,30)(H,27,31)(H,28,34)(H,32,33)/t14?,15-,17-/m0/s1. The van der Waals surface area contributed by atoms with Crippen molar-refractivity contribution >= 4 is 29.7 Å². The number of carboxylic acids is 1. The van der Waals surface area contributed by atoms with Crippen molar-refractivity contribution in [2.24, 2.45) is 11.8 Å². The van der Waals surface area contributed by atoms with E-state index in [1.54, 1.807) is 34.6 Å². The van der Waals surface area contributed by atoms with Crippen LogP contribution < -0.4 is 16.0 Å². The van der Waals surface area contributed by atoms with Crippen LogP contribution in [0.15, 0.2) is 0 Å². The van der Waals surface area contributed by atoms with Crippen LogP contribution in [0.3, 0.4) is 0 Å². The molecule has 1 aliphatic carbocycles. The predicted octanol–water partition coefficient (Wildman–Crippen LogP) is 2.39. The summed E-state index contributed by atoms with van der Waals surface area (Å²) in [6.07, 6.45) is -1.82. The number of amides is 3. The Hall–Kier alpha value is -2.79. The number of carboxylic acid groups (broad SMARTS) is 1. The predicted molar refractivity (Wildman–Crippen MR) is 122 cm³/mol. The monoisotopic (exact) mass is 505 g/mol. The highest BCUT2D eigenvalue weighted by Crippen LogP contribution is 2.28. The van der Waals surface area contributed by atoms with Gasteiger partial charge in [-0.05, 0) is 51.9 Å². The van der Waals surface area contributed by atoms with Crippen LogP contribution in [0.2, 0.25) is 0 Å². The lowest BCUT2D eigenvalue weighted by Gasteiger charge is -2.29. The minimum atomic E-state index is -3.04. The third-order valence-electron chi connectivity index (χ3n) is 5.42. The molecule has 0 aromatic carbocycles. The summed E-state index contributed by atoms with van der Waals surface area (Å²) in [5.74, 6) is -5.47. The van der Waals surface area contributed by atoms with Gasteiger partial charge >= 0.3 is 12.1 Å². The molecule has 0 aromatic rings. The van der Waals surface area contributed by atoms with E-state index in [1.807, 2.05) is 5.32 Å². The van der Waals surface area contributed by atoms with E-state index in [0.717, 1.165) is 12.8 Å². The van der Waals surface area contributed by atoms with E-state index in [-0.39, 0.29) is 18.3 Å². The zero-order valence-corrected chi connectivity index (χ0v) is 20.9. The van der Waals surface area contributed by atoms with Gasteiger partial charge in [0.05, 0.1) is 0 Å². The van der Waals surface area contributed by atoms with Gasteiger partial charge in [-0.15, -0.1) is 0 Å². The van der Waals surface area contributed by atoms with Gasteiger partial charge in [0.2, 0.25) is 18.2 Å². The smallest absolute Gasteiger partial charge is 0.408 e. The van der Waals surface area contributed by atoms with E-state index in [9.17, 15) is 32.8 Å². The number of ether oxygens (including phenoxy) is 1. The van der Waals surface area contributed by atoms with E-state index in [0.29, 0.717) is 12.8 Å². The summed E-state index contributed by atoms with van der Waals surface area (Å²) in [7, 11) is 0. The maximum atomic E-state index is 13.2. The molecule has 1 saturated carbocycles. The van der Waals surface area contributed by atoms with Crippen LogP contribution in [-0.4, -0.2) is 64.9 Å². The van der Waals surface area contributed by atoms with Gasteiger partial charge in [-0.3, -0.25) is 14.4 Å². The van der Waals surface area contributed by atoms with Gasteiger partial charge in [0, 0.05) is 6.42 Å². The van der Waals surface area contributed by atoms with Gasteiger partial charge in [-0.1, -0.05) is 26.7 Å². The van der Waals surface area contributed by atoms with E-state index in [2.05, 4.69) is 10.6 Å². The molecule has 4 N–H and O–H groups in total. The van der Waals surface area contributed by atoms with Crippen LogP contribution in [0, 0.1) is 11.8 Å². The molecule has 1 rings (SSSR count). The highest BCUT2D eigenvalue weighted by Gasteiger charge is 2.37. The van der Waals surface area contributed by atoms with Crippen molar-refractivity contribution in [3.63, 3.8) is 0 Å². The summed E-state index contributed by atoms with van der Waals surface area (Å²) in [4.78, 5) is 61.2. The molecule has 35 heavy (non-hydrogen) atoms. The Bertz CT molecular complexity index is 778. The highest BCUT2D eigenvalue weighted by atomic mass is 19.3. The molecule has 0 aromatic heterocycles. The summed E-state index contributed by atoms with van der Waals surface area (Å²) < 4.78 is 31.0. The fourth-order valence-corrected chi connectivity index (χ4v) is 3.92. The van der Waals surface area contributed by atoms with Crippen molar-refractivity contribution in [2.45, 2.75) is 103 Å². The summed E-state index contributed by atoms with van der Waals surface area (Å²) in [6, 6.07) is -4.18. The Morgan fingerprint density at radius 1 is 0.914 bits per heavy atom. The van der Waals surface area contributed by atoms with Gasteiger partial charge in [-0.25, -0.2) is 18.4 Å². The molecular weight excluding hydrogens is 468 g/mol. The van der Waals surface area contributed by atoms with Crippen molar-refractivity contribution in [3.8, 4) is 0 Å². The Balaban J connectivity index is 3.06. The lowest BCUT2D eigenvalue weighted by atomic mass is 9.96. The molecule has 1 aliphatic rings. The zero-order chi connectivity index (χ0) is 26.9. The normalized spacial score (nSPS) is 16.9. The third kappa shape index (κ3) is 11.0. The van der Waals surface area contributed by atoms with Crippen LogP contribution >= 0.6 is 0 Å². The lowest BCUT2D eigenvalue weighted by Crippen LogP contribution is -2.58. The number of rotatable bonds is 12. The largest absolute Gasteiger partial charge is 0.475 e. The van der Waals surface area contributed by atoms with Crippen LogP contribution in [0.25, 0.3) is 0 Å². The molecule has 3 amide bonds. The zero-order valence-electron chi connectivity index (χ0n) is 20.9. The Morgan fingerprint density at radius 3 is 1.91 bits per heavy atom. The number of ketones is 1. The second kappa shape index (κ2) is 13.3. The second-order valence-electron chi connectivity index (χ2n) is 10.2. The van der Waals surface area contributed by atoms with E-state index in [4.69, 9.17) is 9.84 Å². The molecule has 0 heterocycles. The first kappa shape index (κ1) is 30.2. The highest BCUT2D eigenvalue weighted by molar-refractivity contribution is 6.35. The minimum absolute atomic E-state index is 0.0874. The molecule has 0 aliphatic heterocycles. The number of alkyl halides is 2. The van der Waals surface area contributed by atoms with Crippen molar-refractivity contribution in [2.75, 3.05) is 0 Å². The molecule has 1 fully saturated rings. The van der Waals surface area contributed by atoms with E-state index < -0.39 is 66.2 Å². The molecule has 0 spiro atoms. The Kier molecular flexibility index (Phi) is 11.5. The molecule has 200 valence electrons. The number of alkyl carbamates (subject to hydrolysis) is 1. The Labute approximate surface area is 203 Å². The fraction of sp³-hybridized carbons (Fsp3) is 0.783. The summed E-state index contributed by atoms with van der Waals surface area (Å²) >= 11 is 0. The first-order valence-electron chi connectivity index (χ1n) is 11.8. The van der Waals surface area contributed by atoms with E-state index in [1.165, 1.54) is 0 Å². The molecule has 0 saturated heterocycles. The van der Waals surface area contributed by atoms with Crippen molar-refractivity contribution < 1.29 is 42.6 Å². The summed E-state index contributed by atoms with van der Waals surface area (Å²) in [5.41, 5.74) is -0.794. The molecule has 3 atom stereocenters. The second-order valence-corrected chi connectivity index (χ2v) is 10.2. The number of nitrogens with one attached hydrogen (secondary N) is 3. The number of hydrogen-bond acceptors (Lipinski definition) is 6.